The Morgan fingerprint density at radius 3 is 2.78 bits per heavy atom. The zero-order valence-corrected chi connectivity index (χ0v) is 16.2. The van der Waals surface area contributed by atoms with Gasteiger partial charge in [0.2, 0.25) is 5.91 Å². The molecule has 0 radical (unpaired) electrons. The molecule has 3 heterocycles. The predicted molar refractivity (Wildman–Crippen MR) is 108 cm³/mol. The van der Waals surface area contributed by atoms with Crippen molar-refractivity contribution in [1.29, 1.82) is 0 Å². The summed E-state index contributed by atoms with van der Waals surface area (Å²) < 4.78 is 2.45. The van der Waals surface area contributed by atoms with Crippen LogP contribution in [0.3, 0.4) is 0 Å². The van der Waals surface area contributed by atoms with Crippen molar-refractivity contribution in [1.82, 2.24) is 19.8 Å². The van der Waals surface area contributed by atoms with Gasteiger partial charge in [0, 0.05) is 62.0 Å². The Labute approximate surface area is 160 Å². The van der Waals surface area contributed by atoms with Crippen LogP contribution in [0.4, 0.5) is 0 Å². The topological polar surface area (TPSA) is 50.2 Å². The predicted octanol–water partition coefficient (Wildman–Crippen LogP) is 3.06. The normalized spacial score (nSPS) is 15.5. The minimum atomic E-state index is -0.00466. The third-order valence-electron chi connectivity index (χ3n) is 5.48. The lowest BCUT2D eigenvalue weighted by molar-refractivity contribution is -0.119. The van der Waals surface area contributed by atoms with Gasteiger partial charge in [0.25, 0.3) is 0 Å². The quantitative estimate of drug-likeness (QED) is 0.776. The fraction of sp³-hybridized carbons (Fsp3) is 0.364. The number of nitrogens with zero attached hydrogens (tertiary/aromatic N) is 3. The number of amides is 1. The van der Waals surface area contributed by atoms with Gasteiger partial charge >= 0.3 is 0 Å². The summed E-state index contributed by atoms with van der Waals surface area (Å²) in [4.78, 5) is 18.2. The molecular weight excluding hydrogens is 336 g/mol. The molecule has 0 fully saturated rings. The highest BCUT2D eigenvalue weighted by molar-refractivity contribution is 5.87. The van der Waals surface area contributed by atoms with E-state index in [1.54, 1.807) is 6.92 Å². The highest BCUT2D eigenvalue weighted by atomic mass is 16.1. The molecule has 0 spiro atoms. The maximum Gasteiger partial charge on any atom is 0.216 e. The number of aromatic nitrogens is 2. The Morgan fingerprint density at radius 1 is 1.26 bits per heavy atom. The van der Waals surface area contributed by atoms with Gasteiger partial charge < -0.3 is 14.8 Å². The smallest absolute Gasteiger partial charge is 0.216 e. The van der Waals surface area contributed by atoms with Crippen molar-refractivity contribution in [2.24, 2.45) is 0 Å². The van der Waals surface area contributed by atoms with Gasteiger partial charge in [0.1, 0.15) is 0 Å². The Kier molecular flexibility index (Phi) is 4.70. The van der Waals surface area contributed by atoms with E-state index < -0.39 is 0 Å². The van der Waals surface area contributed by atoms with Crippen LogP contribution in [0.15, 0.2) is 42.7 Å². The molecule has 0 aliphatic carbocycles. The summed E-state index contributed by atoms with van der Waals surface area (Å²) in [6.45, 7) is 6.30. The maximum absolute atomic E-state index is 11.6. The first-order chi connectivity index (χ1) is 13.0. The molecule has 1 aliphatic rings. The number of pyridine rings is 1. The lowest BCUT2D eigenvalue weighted by Gasteiger charge is -2.28. The fourth-order valence-electron chi connectivity index (χ4n) is 4.18. The first-order valence-corrected chi connectivity index (χ1v) is 9.50. The average Bonchev–Trinajstić information content (AvgIpc) is 2.96. The van der Waals surface area contributed by atoms with Gasteiger partial charge in [-0.05, 0) is 49.4 Å². The molecule has 1 aromatic carbocycles. The molecule has 1 atom stereocenters. The number of nitrogens with one attached hydrogen (secondary N) is 1. The summed E-state index contributed by atoms with van der Waals surface area (Å²) in [6.07, 6.45) is 4.67. The van der Waals surface area contributed by atoms with E-state index in [0.717, 1.165) is 25.1 Å². The van der Waals surface area contributed by atoms with Gasteiger partial charge in [-0.25, -0.2) is 0 Å². The lowest BCUT2D eigenvalue weighted by atomic mass is 10.0. The standard InChI is InChI=1S/C22H26N4O/c1-15-4-5-20-18(12-15)19-14-25(3)11-8-21(19)26(20)22(13-24-16(2)27)17-6-9-23-10-7-17/h4-7,9-10,12,22H,8,11,13-14H2,1-3H3,(H,24,27). The van der Waals surface area contributed by atoms with Crippen LogP contribution in [0.2, 0.25) is 0 Å². The molecular formula is C22H26N4O. The average molecular weight is 362 g/mol. The van der Waals surface area contributed by atoms with Gasteiger partial charge in [-0.2, -0.15) is 0 Å². The molecule has 1 N–H and O–H groups in total. The molecule has 1 aliphatic heterocycles. The number of fused-ring (bicyclic) bond motifs is 3. The molecule has 2 aromatic heterocycles. The Balaban J connectivity index is 1.93. The van der Waals surface area contributed by atoms with Crippen LogP contribution in [-0.2, 0) is 17.8 Å². The molecule has 0 bridgehead atoms. The van der Waals surface area contributed by atoms with Gasteiger partial charge in [0.15, 0.2) is 0 Å². The number of rotatable bonds is 4. The van der Waals surface area contributed by atoms with Crippen LogP contribution in [0, 0.1) is 6.92 Å². The van der Waals surface area contributed by atoms with E-state index in [-0.39, 0.29) is 11.9 Å². The lowest BCUT2D eigenvalue weighted by Crippen LogP contribution is -2.32. The van der Waals surface area contributed by atoms with E-state index in [1.165, 1.54) is 27.7 Å². The first kappa shape index (κ1) is 17.7. The van der Waals surface area contributed by atoms with E-state index in [9.17, 15) is 4.79 Å². The molecule has 0 saturated heterocycles. The van der Waals surface area contributed by atoms with Crippen LogP contribution in [0.25, 0.3) is 10.9 Å². The highest BCUT2D eigenvalue weighted by Crippen LogP contribution is 2.35. The second-order valence-electron chi connectivity index (χ2n) is 7.54. The second-order valence-corrected chi connectivity index (χ2v) is 7.54. The highest BCUT2D eigenvalue weighted by Gasteiger charge is 2.27. The van der Waals surface area contributed by atoms with Crippen molar-refractivity contribution in [2.45, 2.75) is 32.9 Å². The van der Waals surface area contributed by atoms with E-state index in [4.69, 9.17) is 0 Å². The van der Waals surface area contributed by atoms with E-state index in [1.807, 2.05) is 24.5 Å². The van der Waals surface area contributed by atoms with Crippen LogP contribution in [0.5, 0.6) is 0 Å². The summed E-state index contributed by atoms with van der Waals surface area (Å²) in [5.41, 5.74) is 6.49. The summed E-state index contributed by atoms with van der Waals surface area (Å²) in [6, 6.07) is 10.9. The van der Waals surface area contributed by atoms with Crippen LogP contribution in [-0.4, -0.2) is 40.5 Å². The Bertz CT molecular complexity index is 977. The van der Waals surface area contributed by atoms with Crippen molar-refractivity contribution in [3.63, 3.8) is 0 Å². The number of benzene rings is 1. The molecule has 1 unspecified atom stereocenters. The molecule has 4 rings (SSSR count). The molecule has 5 heteroatoms. The molecule has 3 aromatic rings. The summed E-state index contributed by atoms with van der Waals surface area (Å²) >= 11 is 0. The number of hydrogen-bond donors (Lipinski definition) is 1. The molecule has 0 saturated carbocycles. The second kappa shape index (κ2) is 7.16. The minimum absolute atomic E-state index is 0.00466. The number of aryl methyl sites for hydroxylation is 1. The monoisotopic (exact) mass is 362 g/mol. The SMILES string of the molecule is CC(=O)NCC(c1ccncc1)n1c2c(c3cc(C)ccc31)CN(C)CC2. The van der Waals surface area contributed by atoms with E-state index in [2.05, 4.69) is 51.9 Å². The van der Waals surface area contributed by atoms with Gasteiger partial charge in [0.05, 0.1) is 6.04 Å². The van der Waals surface area contributed by atoms with Crippen LogP contribution >= 0.6 is 0 Å². The van der Waals surface area contributed by atoms with Gasteiger partial charge in [-0.15, -0.1) is 0 Å². The number of carbonyl (C=O) groups excluding carboxylic acids is 1. The molecule has 27 heavy (non-hydrogen) atoms. The number of hydrogen-bond acceptors (Lipinski definition) is 3. The number of likely N-dealkylation sites (N-methyl/N-ethyl adjacent to an activating group) is 1. The Morgan fingerprint density at radius 2 is 2.04 bits per heavy atom. The van der Waals surface area contributed by atoms with Crippen LogP contribution < -0.4 is 5.32 Å². The Hall–Kier alpha value is -2.66. The zero-order chi connectivity index (χ0) is 19.0. The largest absolute Gasteiger partial charge is 0.354 e. The third-order valence-corrected chi connectivity index (χ3v) is 5.48. The molecule has 140 valence electrons. The van der Waals surface area contributed by atoms with Crippen LogP contribution in [0.1, 0.15) is 35.3 Å². The van der Waals surface area contributed by atoms with Crippen molar-refractivity contribution in [3.8, 4) is 0 Å². The van der Waals surface area contributed by atoms with Crippen molar-refractivity contribution in [3.05, 3.63) is 65.1 Å². The maximum atomic E-state index is 11.6. The molecule has 1 amide bonds. The zero-order valence-electron chi connectivity index (χ0n) is 16.2. The summed E-state index contributed by atoms with van der Waals surface area (Å²) in [5, 5.41) is 4.37. The van der Waals surface area contributed by atoms with Crippen molar-refractivity contribution in [2.75, 3.05) is 20.1 Å². The summed E-state index contributed by atoms with van der Waals surface area (Å²) in [5.74, 6) is -0.00466. The fourth-order valence-corrected chi connectivity index (χ4v) is 4.18. The van der Waals surface area contributed by atoms with Gasteiger partial charge in [-0.1, -0.05) is 11.6 Å². The molecule has 5 nitrogen and oxygen atoms in total. The van der Waals surface area contributed by atoms with Crippen molar-refractivity contribution < 1.29 is 4.79 Å². The van der Waals surface area contributed by atoms with E-state index >= 15 is 0 Å². The number of carbonyl (C=O) groups is 1. The van der Waals surface area contributed by atoms with Gasteiger partial charge in [-0.3, -0.25) is 9.78 Å². The summed E-state index contributed by atoms with van der Waals surface area (Å²) in [7, 11) is 2.18. The third kappa shape index (κ3) is 3.35. The first-order valence-electron chi connectivity index (χ1n) is 9.50. The van der Waals surface area contributed by atoms with E-state index in [0.29, 0.717) is 6.54 Å². The van der Waals surface area contributed by atoms with Crippen molar-refractivity contribution >= 4 is 16.8 Å². The minimum Gasteiger partial charge on any atom is -0.354 e.